The predicted molar refractivity (Wildman–Crippen MR) is 76.7 cm³/mol. The molecule has 0 spiro atoms. The molecule has 2 aliphatic rings. The van der Waals surface area contributed by atoms with Crippen molar-refractivity contribution in [3.63, 3.8) is 0 Å². The van der Waals surface area contributed by atoms with Gasteiger partial charge in [-0.2, -0.15) is 0 Å². The number of hydrogen-bond acceptors (Lipinski definition) is 1. The minimum Gasteiger partial charge on any atom is -0.313 e. The van der Waals surface area contributed by atoms with E-state index in [9.17, 15) is 0 Å². The Labute approximate surface area is 111 Å². The van der Waals surface area contributed by atoms with Gasteiger partial charge in [0, 0.05) is 6.04 Å². The first-order chi connectivity index (χ1) is 8.72. The lowest BCUT2D eigenvalue weighted by molar-refractivity contribution is 0.480. The number of nitrogens with one attached hydrogen (secondary N) is 1. The molecule has 1 N–H and O–H groups in total. The predicted octanol–water partition coefficient (Wildman–Crippen LogP) is 4.00. The molecule has 0 bridgehead atoms. The molecule has 0 saturated heterocycles. The summed E-state index contributed by atoms with van der Waals surface area (Å²) in [7, 11) is 2.13. The molecule has 2 saturated carbocycles. The second kappa shape index (κ2) is 4.70. The summed E-state index contributed by atoms with van der Waals surface area (Å²) in [5.41, 5.74) is 4.36. The first-order valence-corrected chi connectivity index (χ1v) is 7.47. The van der Waals surface area contributed by atoms with Crippen molar-refractivity contribution in [2.75, 3.05) is 7.05 Å². The van der Waals surface area contributed by atoms with Crippen molar-refractivity contribution >= 4 is 0 Å². The molecule has 1 aromatic carbocycles. The first-order valence-electron chi connectivity index (χ1n) is 7.47. The summed E-state index contributed by atoms with van der Waals surface area (Å²) in [5.74, 6) is 2.92. The van der Waals surface area contributed by atoms with Crippen LogP contribution >= 0.6 is 0 Å². The van der Waals surface area contributed by atoms with Crippen LogP contribution in [-0.4, -0.2) is 7.05 Å². The fourth-order valence-electron chi connectivity index (χ4n) is 4.27. The average Bonchev–Trinajstić information content (AvgIpc) is 3.07. The Morgan fingerprint density at radius 3 is 2.33 bits per heavy atom. The third-order valence-electron chi connectivity index (χ3n) is 5.18. The van der Waals surface area contributed by atoms with E-state index in [1.54, 1.807) is 0 Å². The standard InChI is InChI=1S/C17H25N/c1-11-8-9-13(12(2)10-11)17(18-3)16-14-6-4-5-7-15(14)16/h8-10,14-18H,4-7H2,1-3H3. The van der Waals surface area contributed by atoms with Crippen molar-refractivity contribution in [2.24, 2.45) is 17.8 Å². The van der Waals surface area contributed by atoms with E-state index in [0.717, 1.165) is 17.8 Å². The minimum atomic E-state index is 0.582. The average molecular weight is 243 g/mol. The highest BCUT2D eigenvalue weighted by atomic mass is 14.9. The normalized spacial score (nSPS) is 31.8. The Morgan fingerprint density at radius 1 is 1.11 bits per heavy atom. The molecule has 1 nitrogen and oxygen atoms in total. The highest BCUT2D eigenvalue weighted by molar-refractivity contribution is 5.34. The maximum absolute atomic E-state index is 3.60. The van der Waals surface area contributed by atoms with E-state index >= 15 is 0 Å². The van der Waals surface area contributed by atoms with Crippen molar-refractivity contribution in [1.82, 2.24) is 5.32 Å². The Hall–Kier alpha value is -0.820. The van der Waals surface area contributed by atoms with E-state index in [-0.39, 0.29) is 0 Å². The molecule has 2 aliphatic carbocycles. The smallest absolute Gasteiger partial charge is 0.0354 e. The van der Waals surface area contributed by atoms with Crippen molar-refractivity contribution in [2.45, 2.75) is 45.6 Å². The molecule has 0 aliphatic heterocycles. The van der Waals surface area contributed by atoms with Gasteiger partial charge in [0.25, 0.3) is 0 Å². The van der Waals surface area contributed by atoms with E-state index < -0.39 is 0 Å². The van der Waals surface area contributed by atoms with Crippen LogP contribution in [0.2, 0.25) is 0 Å². The summed E-state index contributed by atoms with van der Waals surface area (Å²) in [4.78, 5) is 0. The van der Waals surface area contributed by atoms with Gasteiger partial charge in [0.1, 0.15) is 0 Å². The molecule has 1 heteroatoms. The SMILES string of the molecule is CNC(c1ccc(C)cc1C)C1C2CCCCC21. The Bertz CT molecular complexity index is 425. The monoisotopic (exact) mass is 243 g/mol. The summed E-state index contributed by atoms with van der Waals surface area (Å²) < 4.78 is 0. The van der Waals surface area contributed by atoms with Gasteiger partial charge in [0.15, 0.2) is 0 Å². The van der Waals surface area contributed by atoms with E-state index in [1.807, 2.05) is 0 Å². The van der Waals surface area contributed by atoms with Gasteiger partial charge < -0.3 is 5.32 Å². The van der Waals surface area contributed by atoms with Crippen LogP contribution in [0.4, 0.5) is 0 Å². The van der Waals surface area contributed by atoms with Crippen molar-refractivity contribution in [3.05, 3.63) is 34.9 Å². The van der Waals surface area contributed by atoms with E-state index in [2.05, 4.69) is 44.4 Å². The molecule has 3 unspecified atom stereocenters. The highest BCUT2D eigenvalue weighted by Crippen LogP contribution is 2.60. The fraction of sp³-hybridized carbons (Fsp3) is 0.647. The maximum Gasteiger partial charge on any atom is 0.0354 e. The summed E-state index contributed by atoms with van der Waals surface area (Å²) in [6, 6.07) is 7.51. The summed E-state index contributed by atoms with van der Waals surface area (Å²) >= 11 is 0. The van der Waals surface area contributed by atoms with Gasteiger partial charge in [0.2, 0.25) is 0 Å². The molecule has 0 radical (unpaired) electrons. The maximum atomic E-state index is 3.60. The molecule has 98 valence electrons. The number of aryl methyl sites for hydroxylation is 2. The van der Waals surface area contributed by atoms with Crippen LogP contribution in [0.3, 0.4) is 0 Å². The van der Waals surface area contributed by atoms with Crippen LogP contribution in [0, 0.1) is 31.6 Å². The minimum absolute atomic E-state index is 0.582. The van der Waals surface area contributed by atoms with Crippen LogP contribution in [0.1, 0.15) is 48.4 Å². The van der Waals surface area contributed by atoms with Crippen LogP contribution in [0.5, 0.6) is 0 Å². The van der Waals surface area contributed by atoms with Gasteiger partial charge in [0.05, 0.1) is 0 Å². The lowest BCUT2D eigenvalue weighted by Gasteiger charge is -2.20. The summed E-state index contributed by atoms with van der Waals surface area (Å²) in [5, 5.41) is 3.60. The molecule has 18 heavy (non-hydrogen) atoms. The number of hydrogen-bond donors (Lipinski definition) is 1. The van der Waals surface area contributed by atoms with E-state index in [0.29, 0.717) is 6.04 Å². The van der Waals surface area contributed by atoms with Crippen molar-refractivity contribution in [3.8, 4) is 0 Å². The molecular weight excluding hydrogens is 218 g/mol. The topological polar surface area (TPSA) is 12.0 Å². The number of benzene rings is 1. The van der Waals surface area contributed by atoms with Gasteiger partial charge >= 0.3 is 0 Å². The zero-order chi connectivity index (χ0) is 12.7. The highest BCUT2D eigenvalue weighted by Gasteiger charge is 2.54. The first kappa shape index (κ1) is 12.2. The van der Waals surface area contributed by atoms with Crippen molar-refractivity contribution < 1.29 is 0 Å². The van der Waals surface area contributed by atoms with E-state index in [4.69, 9.17) is 0 Å². The summed E-state index contributed by atoms with van der Waals surface area (Å²) in [6.07, 6.45) is 5.86. The fourth-order valence-corrected chi connectivity index (χ4v) is 4.27. The second-order valence-corrected chi connectivity index (χ2v) is 6.32. The number of fused-ring (bicyclic) bond motifs is 1. The quantitative estimate of drug-likeness (QED) is 0.846. The van der Waals surface area contributed by atoms with Crippen LogP contribution < -0.4 is 5.32 Å². The molecule has 2 fully saturated rings. The molecular formula is C17H25N. The van der Waals surface area contributed by atoms with Gasteiger partial charge in [-0.05, 0) is 62.6 Å². The third-order valence-corrected chi connectivity index (χ3v) is 5.18. The van der Waals surface area contributed by atoms with Gasteiger partial charge in [-0.3, -0.25) is 0 Å². The van der Waals surface area contributed by atoms with Gasteiger partial charge in [-0.1, -0.05) is 36.6 Å². The zero-order valence-corrected chi connectivity index (χ0v) is 11.9. The molecule has 3 rings (SSSR count). The molecule has 0 amide bonds. The Balaban J connectivity index is 1.84. The molecule has 1 aromatic rings. The lowest BCUT2D eigenvalue weighted by atomic mass is 9.94. The zero-order valence-electron chi connectivity index (χ0n) is 11.9. The van der Waals surface area contributed by atoms with Gasteiger partial charge in [-0.25, -0.2) is 0 Å². The summed E-state index contributed by atoms with van der Waals surface area (Å²) in [6.45, 7) is 4.45. The third kappa shape index (κ3) is 1.99. The molecule has 0 aromatic heterocycles. The lowest BCUT2D eigenvalue weighted by Crippen LogP contribution is -2.20. The molecule has 3 atom stereocenters. The second-order valence-electron chi connectivity index (χ2n) is 6.32. The largest absolute Gasteiger partial charge is 0.313 e. The van der Waals surface area contributed by atoms with E-state index in [1.165, 1.54) is 42.4 Å². The van der Waals surface area contributed by atoms with Crippen LogP contribution in [-0.2, 0) is 0 Å². The van der Waals surface area contributed by atoms with Crippen LogP contribution in [0.15, 0.2) is 18.2 Å². The van der Waals surface area contributed by atoms with Crippen LogP contribution in [0.25, 0.3) is 0 Å². The van der Waals surface area contributed by atoms with Gasteiger partial charge in [-0.15, -0.1) is 0 Å². The number of rotatable bonds is 3. The Morgan fingerprint density at radius 2 is 1.78 bits per heavy atom. The van der Waals surface area contributed by atoms with Crippen molar-refractivity contribution in [1.29, 1.82) is 0 Å². The Kier molecular flexibility index (Phi) is 3.19. The molecule has 0 heterocycles.